The highest BCUT2D eigenvalue weighted by Gasteiger charge is 2.34. The average molecular weight is 400 g/mol. The summed E-state index contributed by atoms with van der Waals surface area (Å²) in [6.45, 7) is 0.742. The van der Waals surface area contributed by atoms with Crippen molar-refractivity contribution in [1.82, 2.24) is 0 Å². The van der Waals surface area contributed by atoms with E-state index in [1.807, 2.05) is 48.5 Å². The summed E-state index contributed by atoms with van der Waals surface area (Å²) < 4.78 is 5.56. The third-order valence-electron chi connectivity index (χ3n) is 4.83. The summed E-state index contributed by atoms with van der Waals surface area (Å²) >= 11 is 18.8. The highest BCUT2D eigenvalue weighted by Crippen LogP contribution is 2.51. The number of benzene rings is 3. The molecule has 1 nitrogen and oxygen atoms in total. The molecule has 1 aliphatic carbocycles. The van der Waals surface area contributed by atoms with Crippen LogP contribution >= 0.6 is 34.8 Å². The lowest BCUT2D eigenvalue weighted by atomic mass is 9.97. The second-order valence-electron chi connectivity index (χ2n) is 6.54. The van der Waals surface area contributed by atoms with Gasteiger partial charge in [-0.05, 0) is 81.4 Å². The van der Waals surface area contributed by atoms with E-state index in [0.29, 0.717) is 5.02 Å². The Morgan fingerprint density at radius 1 is 0.769 bits per heavy atom. The number of hydrogen-bond donors (Lipinski definition) is 0. The standard InChI is InChI=1S/C22H13Cl3O/c23-13-3-1-12(2-4-13)7-17-18-8-14(24)5-6-16(18)22-19(17)9-15(25)10-20(22)21-11-26-21/h1-10,21H,11H2/b17-7+/t21-/m0/s1. The summed E-state index contributed by atoms with van der Waals surface area (Å²) in [7, 11) is 0. The van der Waals surface area contributed by atoms with Crippen LogP contribution in [-0.2, 0) is 4.74 Å². The third-order valence-corrected chi connectivity index (χ3v) is 5.53. The van der Waals surface area contributed by atoms with Gasteiger partial charge < -0.3 is 4.74 Å². The van der Waals surface area contributed by atoms with Crippen LogP contribution in [0.2, 0.25) is 15.1 Å². The number of fused-ring (bicyclic) bond motifs is 3. The fourth-order valence-corrected chi connectivity index (χ4v) is 4.13. The first-order valence-electron chi connectivity index (χ1n) is 8.33. The van der Waals surface area contributed by atoms with Crippen LogP contribution in [0.5, 0.6) is 0 Å². The zero-order valence-electron chi connectivity index (χ0n) is 13.6. The zero-order chi connectivity index (χ0) is 17.8. The van der Waals surface area contributed by atoms with Gasteiger partial charge in [0, 0.05) is 15.1 Å². The summed E-state index contributed by atoms with van der Waals surface area (Å²) in [6.07, 6.45) is 2.28. The van der Waals surface area contributed by atoms with Crippen LogP contribution in [0.25, 0.3) is 22.8 Å². The fourth-order valence-electron chi connectivity index (χ4n) is 3.61. The first-order valence-corrected chi connectivity index (χ1v) is 9.46. The smallest absolute Gasteiger partial charge is 0.107 e. The number of ether oxygens (including phenoxy) is 1. The lowest BCUT2D eigenvalue weighted by Crippen LogP contribution is -1.89. The molecule has 0 N–H and O–H groups in total. The van der Waals surface area contributed by atoms with Crippen molar-refractivity contribution in [1.29, 1.82) is 0 Å². The maximum Gasteiger partial charge on any atom is 0.107 e. The fraction of sp³-hybridized carbons (Fsp3) is 0.0909. The van der Waals surface area contributed by atoms with E-state index in [4.69, 9.17) is 39.5 Å². The quantitative estimate of drug-likeness (QED) is 0.322. The molecule has 0 bridgehead atoms. The second-order valence-corrected chi connectivity index (χ2v) is 7.85. The molecule has 3 aromatic rings. The average Bonchev–Trinajstić information content (AvgIpc) is 3.42. The van der Waals surface area contributed by atoms with E-state index < -0.39 is 0 Å². The molecule has 5 rings (SSSR count). The van der Waals surface area contributed by atoms with E-state index in [1.54, 1.807) is 0 Å². The van der Waals surface area contributed by atoms with E-state index >= 15 is 0 Å². The monoisotopic (exact) mass is 398 g/mol. The Morgan fingerprint density at radius 2 is 1.46 bits per heavy atom. The molecular weight excluding hydrogens is 387 g/mol. The molecule has 0 aromatic heterocycles. The van der Waals surface area contributed by atoms with Crippen molar-refractivity contribution >= 4 is 46.5 Å². The van der Waals surface area contributed by atoms with Crippen LogP contribution in [0.3, 0.4) is 0 Å². The molecule has 0 unspecified atom stereocenters. The molecule has 0 spiro atoms. The van der Waals surface area contributed by atoms with E-state index in [-0.39, 0.29) is 6.10 Å². The highest BCUT2D eigenvalue weighted by atomic mass is 35.5. The van der Waals surface area contributed by atoms with Crippen LogP contribution in [0, 0.1) is 0 Å². The molecule has 0 radical (unpaired) electrons. The first kappa shape index (κ1) is 16.4. The summed E-state index contributed by atoms with van der Waals surface area (Å²) in [5.41, 5.74) is 7.95. The third kappa shape index (κ3) is 2.76. The Morgan fingerprint density at radius 3 is 2.19 bits per heavy atom. The van der Waals surface area contributed by atoms with Crippen molar-refractivity contribution in [3.05, 3.63) is 91.9 Å². The molecule has 3 aromatic carbocycles. The Hall–Kier alpha value is -1.77. The van der Waals surface area contributed by atoms with Gasteiger partial charge in [0.05, 0.1) is 6.61 Å². The maximum atomic E-state index is 6.44. The van der Waals surface area contributed by atoms with Gasteiger partial charge in [0.2, 0.25) is 0 Å². The van der Waals surface area contributed by atoms with Crippen LogP contribution in [0.1, 0.15) is 28.4 Å². The molecule has 1 saturated heterocycles. The van der Waals surface area contributed by atoms with Gasteiger partial charge in [-0.15, -0.1) is 0 Å². The van der Waals surface area contributed by atoms with Gasteiger partial charge in [-0.2, -0.15) is 0 Å². The Balaban J connectivity index is 1.79. The number of hydrogen-bond acceptors (Lipinski definition) is 1. The van der Waals surface area contributed by atoms with E-state index in [2.05, 4.69) is 12.1 Å². The van der Waals surface area contributed by atoms with E-state index in [1.165, 1.54) is 11.1 Å². The van der Waals surface area contributed by atoms with E-state index in [0.717, 1.165) is 44.5 Å². The first-order chi connectivity index (χ1) is 12.6. The SMILES string of the molecule is Clc1ccc(/C=C2\c3cc(Cl)ccc3-c3c2cc(Cl)cc3[C@@H]2CO2)cc1. The predicted molar refractivity (Wildman–Crippen MR) is 109 cm³/mol. The highest BCUT2D eigenvalue weighted by molar-refractivity contribution is 6.32. The van der Waals surface area contributed by atoms with Gasteiger partial charge >= 0.3 is 0 Å². The Bertz CT molecular complexity index is 1060. The minimum atomic E-state index is 0.126. The topological polar surface area (TPSA) is 12.5 Å². The minimum absolute atomic E-state index is 0.126. The molecule has 0 amide bonds. The number of halogens is 3. The molecule has 1 heterocycles. The summed E-state index contributed by atoms with van der Waals surface area (Å²) in [6, 6.07) is 17.9. The van der Waals surface area contributed by atoms with Crippen molar-refractivity contribution in [3.8, 4) is 11.1 Å². The molecule has 1 aliphatic heterocycles. The van der Waals surface area contributed by atoms with Gasteiger partial charge in [0.15, 0.2) is 0 Å². The van der Waals surface area contributed by atoms with Gasteiger partial charge in [0.1, 0.15) is 6.10 Å². The normalized spacial score (nSPS) is 18.7. The predicted octanol–water partition coefficient (Wildman–Crippen LogP) is 7.29. The minimum Gasteiger partial charge on any atom is -0.368 e. The van der Waals surface area contributed by atoms with Crippen molar-refractivity contribution in [2.45, 2.75) is 6.10 Å². The van der Waals surface area contributed by atoms with Gasteiger partial charge in [-0.3, -0.25) is 0 Å². The molecule has 0 saturated carbocycles. The number of epoxide rings is 1. The van der Waals surface area contributed by atoms with E-state index in [9.17, 15) is 0 Å². The zero-order valence-corrected chi connectivity index (χ0v) is 15.9. The van der Waals surface area contributed by atoms with Crippen LogP contribution < -0.4 is 0 Å². The molecular formula is C22H13Cl3O. The van der Waals surface area contributed by atoms with Gasteiger partial charge in [-0.25, -0.2) is 0 Å². The lowest BCUT2D eigenvalue weighted by Gasteiger charge is -2.08. The molecule has 1 fully saturated rings. The second kappa shape index (κ2) is 6.14. The number of rotatable bonds is 2. The van der Waals surface area contributed by atoms with Crippen molar-refractivity contribution in [3.63, 3.8) is 0 Å². The Labute approximate surface area is 166 Å². The largest absolute Gasteiger partial charge is 0.368 e. The van der Waals surface area contributed by atoms with Crippen molar-refractivity contribution < 1.29 is 4.74 Å². The van der Waals surface area contributed by atoms with Crippen LogP contribution in [0.4, 0.5) is 0 Å². The van der Waals surface area contributed by atoms with Crippen molar-refractivity contribution in [2.24, 2.45) is 0 Å². The lowest BCUT2D eigenvalue weighted by molar-refractivity contribution is 0.416. The molecule has 128 valence electrons. The maximum absolute atomic E-state index is 6.44. The summed E-state index contributed by atoms with van der Waals surface area (Å²) in [4.78, 5) is 0. The molecule has 1 atom stereocenters. The molecule has 26 heavy (non-hydrogen) atoms. The van der Waals surface area contributed by atoms with Crippen LogP contribution in [0.15, 0.2) is 54.6 Å². The Kier molecular flexibility index (Phi) is 3.88. The molecule has 4 heteroatoms. The molecule has 2 aliphatic rings. The van der Waals surface area contributed by atoms with Crippen LogP contribution in [-0.4, -0.2) is 6.61 Å². The van der Waals surface area contributed by atoms with Gasteiger partial charge in [0.25, 0.3) is 0 Å². The van der Waals surface area contributed by atoms with Gasteiger partial charge in [-0.1, -0.05) is 53.0 Å². The summed E-state index contributed by atoms with van der Waals surface area (Å²) in [5, 5.41) is 2.16. The summed E-state index contributed by atoms with van der Waals surface area (Å²) in [5.74, 6) is 0. The van der Waals surface area contributed by atoms with Crippen molar-refractivity contribution in [2.75, 3.05) is 6.61 Å².